The Labute approximate surface area is 155 Å². The van der Waals surface area contributed by atoms with E-state index in [1.54, 1.807) is 11.6 Å². The molecule has 1 fully saturated rings. The van der Waals surface area contributed by atoms with E-state index in [9.17, 15) is 13.2 Å². The number of anilines is 1. The number of halogens is 1. The van der Waals surface area contributed by atoms with Crippen LogP contribution >= 0.6 is 11.6 Å². The first kappa shape index (κ1) is 18.7. The molecule has 2 aromatic rings. The van der Waals surface area contributed by atoms with Crippen LogP contribution in [0.25, 0.3) is 0 Å². The van der Waals surface area contributed by atoms with Gasteiger partial charge in [0.1, 0.15) is 0 Å². The number of hydrogen-bond donors (Lipinski definition) is 2. The number of carboxylic acid groups (broad SMARTS) is 1. The zero-order valence-corrected chi connectivity index (χ0v) is 15.8. The Bertz CT molecular complexity index is 965. The highest BCUT2D eigenvalue weighted by Crippen LogP contribution is 2.29. The van der Waals surface area contributed by atoms with E-state index in [1.807, 2.05) is 0 Å². The van der Waals surface area contributed by atoms with E-state index in [0.717, 1.165) is 12.5 Å². The van der Waals surface area contributed by atoms with Crippen molar-refractivity contribution >= 4 is 33.3 Å². The van der Waals surface area contributed by atoms with Gasteiger partial charge in [0, 0.05) is 11.6 Å². The van der Waals surface area contributed by atoms with Crippen LogP contribution in [-0.4, -0.2) is 42.5 Å². The standard InChI is InChI=1S/C16H18ClN3O5S/c1-9-13(17)5-11(16(21)22)6-15(9)26(23,24)19-14-7-18-20(10(14)2)12-3-4-25-8-12/h5-7,12,19H,3-4,8H2,1-2H3,(H,21,22). The fraction of sp³-hybridized carbons (Fsp3) is 0.375. The van der Waals surface area contributed by atoms with Crippen LogP contribution < -0.4 is 4.72 Å². The molecule has 0 aliphatic carbocycles. The van der Waals surface area contributed by atoms with E-state index < -0.39 is 16.0 Å². The van der Waals surface area contributed by atoms with Crippen LogP contribution in [0.4, 0.5) is 5.69 Å². The van der Waals surface area contributed by atoms with Crippen LogP contribution in [0.1, 0.15) is 34.1 Å². The molecule has 1 saturated heterocycles. The number of nitrogens with one attached hydrogen (secondary N) is 1. The average molecular weight is 400 g/mol. The van der Waals surface area contributed by atoms with Crippen LogP contribution in [0.2, 0.25) is 5.02 Å². The third-order valence-electron chi connectivity index (χ3n) is 4.37. The second kappa shape index (κ2) is 6.90. The summed E-state index contributed by atoms with van der Waals surface area (Å²) in [5, 5.41) is 13.5. The zero-order chi connectivity index (χ0) is 19.1. The Morgan fingerprint density at radius 1 is 1.42 bits per heavy atom. The van der Waals surface area contributed by atoms with Crippen molar-refractivity contribution in [1.29, 1.82) is 0 Å². The smallest absolute Gasteiger partial charge is 0.335 e. The molecule has 1 aromatic carbocycles. The van der Waals surface area contributed by atoms with Gasteiger partial charge in [-0.2, -0.15) is 5.10 Å². The molecule has 1 aromatic heterocycles. The highest BCUT2D eigenvalue weighted by atomic mass is 35.5. The zero-order valence-electron chi connectivity index (χ0n) is 14.2. The van der Waals surface area contributed by atoms with Crippen molar-refractivity contribution in [3.8, 4) is 0 Å². The maximum atomic E-state index is 12.8. The summed E-state index contributed by atoms with van der Waals surface area (Å²) < 4.78 is 35.2. The Hall–Kier alpha value is -2.10. The number of ether oxygens (including phenoxy) is 1. The van der Waals surface area contributed by atoms with Crippen LogP contribution in [0.3, 0.4) is 0 Å². The lowest BCUT2D eigenvalue weighted by atomic mass is 10.1. The first-order valence-electron chi connectivity index (χ1n) is 7.89. The van der Waals surface area contributed by atoms with Gasteiger partial charge >= 0.3 is 5.97 Å². The second-order valence-electron chi connectivity index (χ2n) is 6.10. The van der Waals surface area contributed by atoms with E-state index in [4.69, 9.17) is 21.4 Å². The highest BCUT2D eigenvalue weighted by molar-refractivity contribution is 7.92. The van der Waals surface area contributed by atoms with Gasteiger partial charge < -0.3 is 9.84 Å². The van der Waals surface area contributed by atoms with E-state index in [2.05, 4.69) is 9.82 Å². The number of carbonyl (C=O) groups is 1. The quantitative estimate of drug-likeness (QED) is 0.799. The number of benzene rings is 1. The van der Waals surface area contributed by atoms with Gasteiger partial charge in [0.05, 0.1) is 40.7 Å². The van der Waals surface area contributed by atoms with Crippen molar-refractivity contribution in [3.05, 3.63) is 40.2 Å². The number of aromatic nitrogens is 2. The Kier molecular flexibility index (Phi) is 4.96. The molecule has 1 aliphatic heterocycles. The van der Waals surface area contributed by atoms with Crippen LogP contribution in [0, 0.1) is 13.8 Å². The summed E-state index contributed by atoms with van der Waals surface area (Å²) in [5.74, 6) is -1.26. The lowest BCUT2D eigenvalue weighted by molar-refractivity contribution is 0.0696. The molecule has 1 unspecified atom stereocenters. The lowest BCUT2D eigenvalue weighted by Crippen LogP contribution is -2.17. The van der Waals surface area contributed by atoms with E-state index >= 15 is 0 Å². The van der Waals surface area contributed by atoms with Gasteiger partial charge in [0.15, 0.2) is 0 Å². The monoisotopic (exact) mass is 399 g/mol. The van der Waals surface area contributed by atoms with Gasteiger partial charge in [0.25, 0.3) is 10.0 Å². The molecule has 3 rings (SSSR count). The summed E-state index contributed by atoms with van der Waals surface area (Å²) in [6.45, 7) is 4.46. The summed E-state index contributed by atoms with van der Waals surface area (Å²) in [6, 6.07) is 2.39. The summed E-state index contributed by atoms with van der Waals surface area (Å²) in [6.07, 6.45) is 2.24. The van der Waals surface area contributed by atoms with Gasteiger partial charge in [0.2, 0.25) is 0 Å². The Morgan fingerprint density at radius 2 is 2.15 bits per heavy atom. The van der Waals surface area contributed by atoms with Gasteiger partial charge in [-0.1, -0.05) is 11.6 Å². The molecule has 0 saturated carbocycles. The molecule has 10 heteroatoms. The molecule has 8 nitrogen and oxygen atoms in total. The first-order chi connectivity index (χ1) is 12.2. The minimum atomic E-state index is -4.04. The molecule has 0 spiro atoms. The normalized spacial score (nSPS) is 17.4. The van der Waals surface area contributed by atoms with E-state index in [1.165, 1.54) is 19.2 Å². The molecule has 2 N–H and O–H groups in total. The summed E-state index contributed by atoms with van der Waals surface area (Å²) in [7, 11) is -4.04. The van der Waals surface area contributed by atoms with Crippen molar-refractivity contribution < 1.29 is 23.1 Å². The lowest BCUT2D eigenvalue weighted by Gasteiger charge is -2.14. The summed E-state index contributed by atoms with van der Waals surface area (Å²) >= 11 is 6.01. The van der Waals surface area contributed by atoms with Crippen molar-refractivity contribution in [3.63, 3.8) is 0 Å². The van der Waals surface area contributed by atoms with Crippen LogP contribution in [0.5, 0.6) is 0 Å². The number of sulfonamides is 1. The molecule has 140 valence electrons. The molecule has 0 bridgehead atoms. The number of rotatable bonds is 5. The molecule has 26 heavy (non-hydrogen) atoms. The van der Waals surface area contributed by atoms with E-state index in [-0.39, 0.29) is 27.1 Å². The molecule has 0 amide bonds. The number of hydrogen-bond acceptors (Lipinski definition) is 5. The van der Waals surface area contributed by atoms with Crippen molar-refractivity contribution in [1.82, 2.24) is 9.78 Å². The molecule has 2 heterocycles. The molecule has 0 radical (unpaired) electrons. The number of carboxylic acids is 1. The fourth-order valence-corrected chi connectivity index (χ4v) is 4.53. The summed E-state index contributed by atoms with van der Waals surface area (Å²) in [5.41, 5.74) is 1.06. The molecule has 1 aliphatic rings. The first-order valence-corrected chi connectivity index (χ1v) is 9.75. The van der Waals surface area contributed by atoms with E-state index in [0.29, 0.717) is 24.6 Å². The second-order valence-corrected chi connectivity index (χ2v) is 8.16. The molecular weight excluding hydrogens is 382 g/mol. The van der Waals surface area contributed by atoms with Gasteiger partial charge in [-0.05, 0) is 38.0 Å². The van der Waals surface area contributed by atoms with Crippen molar-refractivity contribution in [2.24, 2.45) is 0 Å². The topological polar surface area (TPSA) is 111 Å². The van der Waals surface area contributed by atoms with Crippen LogP contribution in [0.15, 0.2) is 23.2 Å². The largest absolute Gasteiger partial charge is 0.478 e. The maximum Gasteiger partial charge on any atom is 0.335 e. The molecular formula is C16H18ClN3O5S. The molecule has 1 atom stereocenters. The van der Waals surface area contributed by atoms with Gasteiger partial charge in [-0.15, -0.1) is 0 Å². The Balaban J connectivity index is 1.96. The minimum absolute atomic E-state index is 0.0692. The predicted octanol–water partition coefficient (Wildman–Crippen LogP) is 2.61. The third kappa shape index (κ3) is 3.42. The minimum Gasteiger partial charge on any atom is -0.478 e. The fourth-order valence-electron chi connectivity index (χ4n) is 2.86. The number of nitrogens with zero attached hydrogens (tertiary/aromatic N) is 2. The summed E-state index contributed by atoms with van der Waals surface area (Å²) in [4.78, 5) is 11.0. The average Bonchev–Trinajstić information content (AvgIpc) is 3.20. The highest BCUT2D eigenvalue weighted by Gasteiger charge is 2.25. The van der Waals surface area contributed by atoms with Gasteiger partial charge in [-0.3, -0.25) is 9.40 Å². The predicted molar refractivity (Wildman–Crippen MR) is 95.4 cm³/mol. The van der Waals surface area contributed by atoms with Gasteiger partial charge in [-0.25, -0.2) is 13.2 Å². The SMILES string of the molecule is Cc1c(Cl)cc(C(=O)O)cc1S(=O)(=O)Nc1cnn(C2CCOC2)c1C. The van der Waals surface area contributed by atoms with Crippen molar-refractivity contribution in [2.45, 2.75) is 31.2 Å². The third-order valence-corrected chi connectivity index (χ3v) is 6.26. The van der Waals surface area contributed by atoms with Crippen molar-refractivity contribution in [2.75, 3.05) is 17.9 Å². The maximum absolute atomic E-state index is 12.8. The Morgan fingerprint density at radius 3 is 2.77 bits per heavy atom. The number of aromatic carboxylic acids is 1. The van der Waals surface area contributed by atoms with Crippen LogP contribution in [-0.2, 0) is 14.8 Å².